The van der Waals surface area contributed by atoms with Crippen LogP contribution in [0, 0.1) is 25.2 Å². The molecule has 0 unspecified atom stereocenters. The second-order valence-electron chi connectivity index (χ2n) is 4.09. The van der Waals surface area contributed by atoms with Crippen molar-refractivity contribution < 1.29 is 9.84 Å². The normalized spacial score (nSPS) is 9.83. The van der Waals surface area contributed by atoms with Crippen LogP contribution in [0.2, 0.25) is 0 Å². The van der Waals surface area contributed by atoms with Crippen LogP contribution in [0.1, 0.15) is 16.7 Å². The summed E-state index contributed by atoms with van der Waals surface area (Å²) in [4.78, 5) is 0. The first-order chi connectivity index (χ1) is 8.61. The largest absolute Gasteiger partial charge is 0.508 e. The lowest BCUT2D eigenvalue weighted by atomic mass is 10.1. The van der Waals surface area contributed by atoms with Gasteiger partial charge in [-0.1, -0.05) is 6.07 Å². The van der Waals surface area contributed by atoms with E-state index in [4.69, 9.17) is 10.00 Å². The van der Waals surface area contributed by atoms with E-state index in [0.29, 0.717) is 22.6 Å². The molecule has 90 valence electrons. The summed E-state index contributed by atoms with van der Waals surface area (Å²) in [5, 5.41) is 18.4. The van der Waals surface area contributed by atoms with E-state index in [-0.39, 0.29) is 5.75 Å². The molecule has 0 fully saturated rings. The number of aromatic hydroxyl groups is 1. The van der Waals surface area contributed by atoms with Crippen molar-refractivity contribution in [2.75, 3.05) is 0 Å². The summed E-state index contributed by atoms with van der Waals surface area (Å²) >= 11 is 0. The van der Waals surface area contributed by atoms with Gasteiger partial charge in [0.2, 0.25) is 0 Å². The van der Waals surface area contributed by atoms with Crippen LogP contribution >= 0.6 is 0 Å². The minimum absolute atomic E-state index is 0.206. The molecule has 1 N–H and O–H groups in total. The molecular weight excluding hydrogens is 226 g/mol. The van der Waals surface area contributed by atoms with Gasteiger partial charge in [-0.2, -0.15) is 5.26 Å². The molecule has 0 aliphatic carbocycles. The van der Waals surface area contributed by atoms with E-state index in [1.54, 1.807) is 37.3 Å². The molecule has 0 heterocycles. The molecule has 0 saturated carbocycles. The van der Waals surface area contributed by atoms with Crippen LogP contribution in [-0.2, 0) is 0 Å². The second-order valence-corrected chi connectivity index (χ2v) is 4.09. The maximum absolute atomic E-state index is 9.59. The predicted octanol–water partition coefficient (Wildman–Crippen LogP) is 3.67. The summed E-state index contributed by atoms with van der Waals surface area (Å²) in [5.74, 6) is 1.47. The second kappa shape index (κ2) is 4.80. The van der Waals surface area contributed by atoms with Gasteiger partial charge in [0.25, 0.3) is 0 Å². The highest BCUT2D eigenvalue weighted by atomic mass is 16.5. The van der Waals surface area contributed by atoms with Crippen molar-refractivity contribution in [2.24, 2.45) is 0 Å². The smallest absolute Gasteiger partial charge is 0.134 e. The van der Waals surface area contributed by atoms with Crippen LogP contribution in [0.3, 0.4) is 0 Å². The SMILES string of the molecule is Cc1cc(Oc2cccc(O)c2C)ccc1C#N. The minimum atomic E-state index is 0.206. The lowest BCUT2D eigenvalue weighted by molar-refractivity contribution is 0.448. The highest BCUT2D eigenvalue weighted by molar-refractivity contribution is 5.47. The van der Waals surface area contributed by atoms with Gasteiger partial charge < -0.3 is 9.84 Å². The van der Waals surface area contributed by atoms with Gasteiger partial charge >= 0.3 is 0 Å². The standard InChI is InChI=1S/C15H13NO2/c1-10-8-13(7-6-12(10)9-16)18-15-5-3-4-14(17)11(15)2/h3-8,17H,1-2H3. The molecule has 0 aromatic heterocycles. The third-order valence-corrected chi connectivity index (χ3v) is 2.80. The van der Waals surface area contributed by atoms with E-state index in [2.05, 4.69) is 6.07 Å². The van der Waals surface area contributed by atoms with E-state index in [1.807, 2.05) is 13.0 Å². The zero-order valence-corrected chi connectivity index (χ0v) is 10.3. The van der Waals surface area contributed by atoms with Crippen molar-refractivity contribution in [2.45, 2.75) is 13.8 Å². The molecule has 0 atom stereocenters. The molecule has 2 rings (SSSR count). The Morgan fingerprint density at radius 3 is 2.61 bits per heavy atom. The van der Waals surface area contributed by atoms with Crippen LogP contribution in [-0.4, -0.2) is 5.11 Å². The average molecular weight is 239 g/mol. The number of rotatable bonds is 2. The zero-order chi connectivity index (χ0) is 13.1. The Morgan fingerprint density at radius 1 is 1.17 bits per heavy atom. The Morgan fingerprint density at radius 2 is 1.94 bits per heavy atom. The summed E-state index contributed by atoms with van der Waals surface area (Å²) in [6.07, 6.45) is 0. The van der Waals surface area contributed by atoms with E-state index < -0.39 is 0 Å². The molecule has 3 nitrogen and oxygen atoms in total. The molecular formula is C15H13NO2. The Balaban J connectivity index is 2.32. The fourth-order valence-electron chi connectivity index (χ4n) is 1.67. The molecule has 2 aromatic carbocycles. The predicted molar refractivity (Wildman–Crippen MR) is 68.8 cm³/mol. The lowest BCUT2D eigenvalue weighted by Gasteiger charge is -2.10. The summed E-state index contributed by atoms with van der Waals surface area (Å²) in [5.41, 5.74) is 2.20. The molecule has 0 aliphatic heterocycles. The van der Waals surface area contributed by atoms with Gasteiger partial charge in [-0.25, -0.2) is 0 Å². The van der Waals surface area contributed by atoms with E-state index in [9.17, 15) is 5.11 Å². The number of hydrogen-bond acceptors (Lipinski definition) is 3. The molecule has 0 aliphatic rings. The van der Waals surface area contributed by atoms with Crippen LogP contribution in [0.4, 0.5) is 0 Å². The average Bonchev–Trinajstić information content (AvgIpc) is 2.35. The number of ether oxygens (including phenoxy) is 1. The van der Waals surface area contributed by atoms with E-state index in [1.165, 1.54) is 0 Å². The van der Waals surface area contributed by atoms with Gasteiger partial charge in [0.05, 0.1) is 11.6 Å². The van der Waals surface area contributed by atoms with Crippen molar-refractivity contribution in [1.29, 1.82) is 5.26 Å². The molecule has 0 amide bonds. The topological polar surface area (TPSA) is 53.2 Å². The first-order valence-corrected chi connectivity index (χ1v) is 5.59. The van der Waals surface area contributed by atoms with Crippen LogP contribution in [0.5, 0.6) is 17.2 Å². The fourth-order valence-corrected chi connectivity index (χ4v) is 1.67. The van der Waals surface area contributed by atoms with Gasteiger partial charge in [0, 0.05) is 5.56 Å². The summed E-state index contributed by atoms with van der Waals surface area (Å²) in [6, 6.07) is 12.5. The van der Waals surface area contributed by atoms with Crippen LogP contribution in [0.25, 0.3) is 0 Å². The molecule has 0 spiro atoms. The maximum atomic E-state index is 9.59. The molecule has 0 bridgehead atoms. The Hall–Kier alpha value is -2.47. The molecule has 18 heavy (non-hydrogen) atoms. The third-order valence-electron chi connectivity index (χ3n) is 2.80. The first-order valence-electron chi connectivity index (χ1n) is 5.59. The van der Waals surface area contributed by atoms with Crippen molar-refractivity contribution in [3.05, 3.63) is 53.1 Å². The Bertz CT molecular complexity index is 627. The quantitative estimate of drug-likeness (QED) is 0.869. The number of phenols is 1. The van der Waals surface area contributed by atoms with Crippen LogP contribution < -0.4 is 4.74 Å². The number of phenolic OH excluding ortho intramolecular Hbond substituents is 1. The summed E-state index contributed by atoms with van der Waals surface area (Å²) < 4.78 is 5.70. The van der Waals surface area contributed by atoms with Crippen molar-refractivity contribution in [3.8, 4) is 23.3 Å². The molecule has 0 saturated heterocycles. The van der Waals surface area contributed by atoms with Crippen molar-refractivity contribution in [3.63, 3.8) is 0 Å². The monoisotopic (exact) mass is 239 g/mol. The number of nitriles is 1. The summed E-state index contributed by atoms with van der Waals surface area (Å²) in [6.45, 7) is 3.65. The van der Waals surface area contributed by atoms with Crippen LogP contribution in [0.15, 0.2) is 36.4 Å². The zero-order valence-electron chi connectivity index (χ0n) is 10.3. The number of nitrogens with zero attached hydrogens (tertiary/aromatic N) is 1. The number of hydrogen-bond donors (Lipinski definition) is 1. The van der Waals surface area contributed by atoms with E-state index >= 15 is 0 Å². The Kier molecular flexibility index (Phi) is 3.20. The summed E-state index contributed by atoms with van der Waals surface area (Å²) in [7, 11) is 0. The van der Waals surface area contributed by atoms with Crippen molar-refractivity contribution >= 4 is 0 Å². The molecule has 3 heteroatoms. The van der Waals surface area contributed by atoms with Gasteiger partial charge in [-0.3, -0.25) is 0 Å². The first kappa shape index (κ1) is 12.0. The van der Waals surface area contributed by atoms with E-state index in [0.717, 1.165) is 5.56 Å². The fraction of sp³-hybridized carbons (Fsp3) is 0.133. The highest BCUT2D eigenvalue weighted by Gasteiger charge is 2.06. The Labute approximate surface area is 106 Å². The lowest BCUT2D eigenvalue weighted by Crippen LogP contribution is -1.90. The minimum Gasteiger partial charge on any atom is -0.508 e. The van der Waals surface area contributed by atoms with Gasteiger partial charge in [-0.15, -0.1) is 0 Å². The third kappa shape index (κ3) is 2.28. The molecule has 0 radical (unpaired) electrons. The maximum Gasteiger partial charge on any atom is 0.134 e. The molecule has 2 aromatic rings. The highest BCUT2D eigenvalue weighted by Crippen LogP contribution is 2.30. The number of aryl methyl sites for hydroxylation is 1. The number of benzene rings is 2. The van der Waals surface area contributed by atoms with Gasteiger partial charge in [-0.05, 0) is 49.7 Å². The van der Waals surface area contributed by atoms with Gasteiger partial charge in [0.1, 0.15) is 17.2 Å². The van der Waals surface area contributed by atoms with Gasteiger partial charge in [0.15, 0.2) is 0 Å². The van der Waals surface area contributed by atoms with Crippen molar-refractivity contribution in [1.82, 2.24) is 0 Å².